The van der Waals surface area contributed by atoms with Crippen molar-refractivity contribution < 1.29 is 13.5 Å². The highest BCUT2D eigenvalue weighted by Gasteiger charge is 2.17. The number of thiophene rings is 1. The van der Waals surface area contributed by atoms with E-state index in [4.69, 9.17) is 11.6 Å². The van der Waals surface area contributed by atoms with Crippen LogP contribution < -0.4 is 4.72 Å². The highest BCUT2D eigenvalue weighted by molar-refractivity contribution is 9.11. The predicted octanol–water partition coefficient (Wildman–Crippen LogP) is 3.57. The van der Waals surface area contributed by atoms with Crippen molar-refractivity contribution in [2.24, 2.45) is 0 Å². The lowest BCUT2D eigenvalue weighted by Crippen LogP contribution is -2.25. The van der Waals surface area contributed by atoms with Crippen LogP contribution in [0.2, 0.25) is 5.02 Å². The van der Waals surface area contributed by atoms with E-state index in [1.54, 1.807) is 30.3 Å². The van der Waals surface area contributed by atoms with Gasteiger partial charge in [0.2, 0.25) is 10.0 Å². The molecule has 0 amide bonds. The number of hydrogen-bond acceptors (Lipinski definition) is 4. The van der Waals surface area contributed by atoms with E-state index in [1.807, 2.05) is 0 Å². The Morgan fingerprint density at radius 1 is 1.33 bits per heavy atom. The van der Waals surface area contributed by atoms with E-state index >= 15 is 0 Å². The molecular weight excluding hydrogens is 398 g/mol. The molecule has 2 rings (SSSR count). The van der Waals surface area contributed by atoms with Crippen LogP contribution in [0.25, 0.3) is 0 Å². The molecule has 0 aliphatic rings. The third kappa shape index (κ3) is 4.77. The molecule has 0 radical (unpaired) electrons. The quantitative estimate of drug-likeness (QED) is 0.765. The van der Waals surface area contributed by atoms with E-state index in [2.05, 4.69) is 20.7 Å². The summed E-state index contributed by atoms with van der Waals surface area (Å²) in [6.45, 7) is 0.144. The lowest BCUT2D eigenvalue weighted by atomic mass is 10.1. The molecule has 0 aliphatic heterocycles. The van der Waals surface area contributed by atoms with E-state index in [0.29, 0.717) is 10.6 Å². The van der Waals surface area contributed by atoms with Crippen LogP contribution in [0, 0.1) is 0 Å². The second kappa shape index (κ2) is 7.21. The molecular formula is C13H13BrClNO3S2. The minimum Gasteiger partial charge on any atom is -0.388 e. The summed E-state index contributed by atoms with van der Waals surface area (Å²) in [5, 5.41) is 10.6. The molecule has 0 aliphatic carbocycles. The van der Waals surface area contributed by atoms with Crippen molar-refractivity contribution >= 4 is 48.9 Å². The first-order valence-corrected chi connectivity index (χ1v) is 9.54. The number of rotatable bonds is 6. The summed E-state index contributed by atoms with van der Waals surface area (Å²) in [6, 6.07) is 10.1. The Hall–Kier alpha value is -0.440. The van der Waals surface area contributed by atoms with Crippen LogP contribution >= 0.6 is 38.9 Å². The number of hydrogen-bond donors (Lipinski definition) is 2. The molecule has 2 N–H and O–H groups in total. The van der Waals surface area contributed by atoms with Gasteiger partial charge in [0.1, 0.15) is 4.21 Å². The van der Waals surface area contributed by atoms with Gasteiger partial charge in [-0.25, -0.2) is 13.1 Å². The molecule has 0 saturated carbocycles. The molecule has 114 valence electrons. The van der Waals surface area contributed by atoms with E-state index < -0.39 is 16.1 Å². The Kier molecular flexibility index (Phi) is 5.81. The molecule has 0 bridgehead atoms. The summed E-state index contributed by atoms with van der Waals surface area (Å²) in [5.41, 5.74) is 0.667. The largest absolute Gasteiger partial charge is 0.388 e. The van der Waals surface area contributed by atoms with Crippen LogP contribution in [0.15, 0.2) is 44.4 Å². The topological polar surface area (TPSA) is 66.4 Å². The molecule has 1 aromatic heterocycles. The first-order valence-electron chi connectivity index (χ1n) is 6.07. The fraction of sp³-hybridized carbons (Fsp3) is 0.231. The molecule has 1 heterocycles. The maximum absolute atomic E-state index is 12.0. The predicted molar refractivity (Wildman–Crippen MR) is 88.2 cm³/mol. The second-order valence-electron chi connectivity index (χ2n) is 4.32. The fourth-order valence-electron chi connectivity index (χ4n) is 1.72. The minimum atomic E-state index is -3.52. The molecule has 4 nitrogen and oxygen atoms in total. The second-order valence-corrected chi connectivity index (χ2v) is 9.21. The van der Waals surface area contributed by atoms with Gasteiger partial charge in [-0.2, -0.15) is 0 Å². The fourth-order valence-corrected chi connectivity index (χ4v) is 5.02. The standard InChI is InChI=1S/C13H13BrClNO3S2/c14-12-4-5-13(20-12)21(18,19)16-7-6-11(17)9-2-1-3-10(15)8-9/h1-5,8,11,16-17H,6-7H2/t11-/m0/s1. The van der Waals surface area contributed by atoms with E-state index in [1.165, 1.54) is 6.07 Å². The van der Waals surface area contributed by atoms with Gasteiger partial charge >= 0.3 is 0 Å². The van der Waals surface area contributed by atoms with Crippen molar-refractivity contribution in [2.75, 3.05) is 6.54 Å². The van der Waals surface area contributed by atoms with Crippen LogP contribution in [0.3, 0.4) is 0 Å². The molecule has 1 aromatic carbocycles. The first-order chi connectivity index (χ1) is 9.88. The Labute approximate surface area is 140 Å². The van der Waals surface area contributed by atoms with E-state index in [-0.39, 0.29) is 17.2 Å². The SMILES string of the molecule is O=S(=O)(NCC[C@H](O)c1cccc(Cl)c1)c1ccc(Br)s1. The van der Waals surface area contributed by atoms with Crippen molar-refractivity contribution in [3.8, 4) is 0 Å². The minimum absolute atomic E-state index is 0.144. The van der Waals surface area contributed by atoms with Crippen molar-refractivity contribution in [1.29, 1.82) is 0 Å². The number of aliphatic hydroxyl groups excluding tert-OH is 1. The number of aliphatic hydroxyl groups is 1. The van der Waals surface area contributed by atoms with Crippen LogP contribution in [0.5, 0.6) is 0 Å². The zero-order valence-electron chi connectivity index (χ0n) is 10.8. The van der Waals surface area contributed by atoms with Crippen molar-refractivity contribution in [1.82, 2.24) is 4.72 Å². The summed E-state index contributed by atoms with van der Waals surface area (Å²) in [7, 11) is -3.52. The number of benzene rings is 1. The van der Waals surface area contributed by atoms with E-state index in [0.717, 1.165) is 15.1 Å². The lowest BCUT2D eigenvalue weighted by molar-refractivity contribution is 0.169. The average molecular weight is 411 g/mol. The monoisotopic (exact) mass is 409 g/mol. The molecule has 0 fully saturated rings. The molecule has 0 saturated heterocycles. The highest BCUT2D eigenvalue weighted by Crippen LogP contribution is 2.26. The van der Waals surface area contributed by atoms with Crippen molar-refractivity contribution in [3.05, 3.63) is 50.8 Å². The number of sulfonamides is 1. The normalized spacial score (nSPS) is 13.3. The average Bonchev–Trinajstić information content (AvgIpc) is 2.86. The summed E-state index contributed by atoms with van der Waals surface area (Å²) >= 11 is 10.2. The van der Waals surface area contributed by atoms with Gasteiger partial charge in [0.05, 0.1) is 9.89 Å². The maximum Gasteiger partial charge on any atom is 0.250 e. The van der Waals surface area contributed by atoms with Gasteiger partial charge in [0.25, 0.3) is 0 Å². The third-order valence-electron chi connectivity index (χ3n) is 2.76. The van der Waals surface area contributed by atoms with Crippen LogP contribution in [-0.4, -0.2) is 20.1 Å². The lowest BCUT2D eigenvalue weighted by Gasteiger charge is -2.11. The van der Waals surface area contributed by atoms with Crippen molar-refractivity contribution in [2.45, 2.75) is 16.7 Å². The Balaban J connectivity index is 1.92. The molecule has 0 unspecified atom stereocenters. The Morgan fingerprint density at radius 2 is 2.10 bits per heavy atom. The van der Waals surface area contributed by atoms with Gasteiger partial charge in [-0.1, -0.05) is 23.7 Å². The maximum atomic E-state index is 12.0. The summed E-state index contributed by atoms with van der Waals surface area (Å²) < 4.78 is 27.5. The first kappa shape index (κ1) is 16.9. The molecule has 21 heavy (non-hydrogen) atoms. The van der Waals surface area contributed by atoms with Crippen molar-refractivity contribution in [3.63, 3.8) is 0 Å². The summed E-state index contributed by atoms with van der Waals surface area (Å²) in [6.07, 6.45) is -0.493. The van der Waals surface area contributed by atoms with Gasteiger partial charge in [0.15, 0.2) is 0 Å². The molecule has 8 heteroatoms. The number of halogens is 2. The molecule has 1 atom stereocenters. The van der Waals surface area contributed by atoms with Crippen LogP contribution in [-0.2, 0) is 10.0 Å². The molecule has 0 spiro atoms. The van der Waals surface area contributed by atoms with Crippen LogP contribution in [0.1, 0.15) is 18.1 Å². The third-order valence-corrected chi connectivity index (χ3v) is 6.57. The van der Waals surface area contributed by atoms with Crippen LogP contribution in [0.4, 0.5) is 0 Å². The van der Waals surface area contributed by atoms with Gasteiger partial charge in [-0.3, -0.25) is 0 Å². The van der Waals surface area contributed by atoms with Gasteiger partial charge in [-0.15, -0.1) is 11.3 Å². The Bertz CT molecular complexity index is 718. The zero-order valence-corrected chi connectivity index (χ0v) is 14.8. The summed E-state index contributed by atoms with van der Waals surface area (Å²) in [5.74, 6) is 0. The van der Waals surface area contributed by atoms with E-state index in [9.17, 15) is 13.5 Å². The van der Waals surface area contributed by atoms with Gasteiger partial charge in [0, 0.05) is 11.6 Å². The zero-order chi connectivity index (χ0) is 15.5. The van der Waals surface area contributed by atoms with Gasteiger partial charge < -0.3 is 5.11 Å². The molecule has 2 aromatic rings. The number of nitrogens with one attached hydrogen (secondary N) is 1. The summed E-state index contributed by atoms with van der Waals surface area (Å²) in [4.78, 5) is 0. The highest BCUT2D eigenvalue weighted by atomic mass is 79.9. The van der Waals surface area contributed by atoms with Gasteiger partial charge in [-0.05, 0) is 52.2 Å². The Morgan fingerprint density at radius 3 is 2.71 bits per heavy atom. The smallest absolute Gasteiger partial charge is 0.250 e.